The molecule has 0 unspecified atom stereocenters. The minimum atomic E-state index is 0.0310. The van der Waals surface area contributed by atoms with E-state index in [2.05, 4.69) is 45.0 Å². The Labute approximate surface area is 242 Å². The summed E-state index contributed by atoms with van der Waals surface area (Å²) in [7, 11) is 0. The van der Waals surface area contributed by atoms with Crippen LogP contribution in [0.5, 0.6) is 5.75 Å². The maximum Gasteiger partial charge on any atom is 0.119 e. The first-order chi connectivity index (χ1) is 19.6. The zero-order valence-corrected chi connectivity index (χ0v) is 25.4. The van der Waals surface area contributed by atoms with Crippen molar-refractivity contribution < 1.29 is 43.0 Å². The molecule has 0 saturated carbocycles. The molecular weight excluding hydrogens is 516 g/mol. The molecule has 0 atom stereocenters. The van der Waals surface area contributed by atoms with Gasteiger partial charge in [0.15, 0.2) is 0 Å². The van der Waals surface area contributed by atoms with Crippen molar-refractivity contribution in [1.82, 2.24) is 0 Å². The van der Waals surface area contributed by atoms with Crippen molar-refractivity contribution in [2.24, 2.45) is 0 Å². The SMILES string of the molecule is CCCCCCC(C)(C)c1ccc(OCCOCCOCCOCCOCCOCCOCCOCCO)cc1. The Morgan fingerprint density at radius 3 is 1.32 bits per heavy atom. The maximum atomic E-state index is 8.58. The lowest BCUT2D eigenvalue weighted by atomic mass is 9.80. The van der Waals surface area contributed by atoms with Crippen molar-refractivity contribution >= 4 is 0 Å². The Hall–Kier alpha value is -1.30. The first-order valence-electron chi connectivity index (χ1n) is 15.0. The lowest BCUT2D eigenvalue weighted by molar-refractivity contribution is -0.0221. The summed E-state index contributed by atoms with van der Waals surface area (Å²) in [5.41, 5.74) is 1.56. The molecular formula is C31H56O9. The van der Waals surface area contributed by atoms with Crippen LogP contribution in [-0.4, -0.2) is 111 Å². The molecule has 0 fully saturated rings. The van der Waals surface area contributed by atoms with E-state index in [1.165, 1.54) is 37.7 Å². The van der Waals surface area contributed by atoms with Gasteiger partial charge in [0.25, 0.3) is 0 Å². The molecule has 0 amide bonds. The fourth-order valence-corrected chi connectivity index (χ4v) is 3.84. The van der Waals surface area contributed by atoms with E-state index in [-0.39, 0.29) is 12.0 Å². The van der Waals surface area contributed by atoms with Gasteiger partial charge in [-0.15, -0.1) is 0 Å². The van der Waals surface area contributed by atoms with Crippen LogP contribution in [0.2, 0.25) is 0 Å². The van der Waals surface area contributed by atoms with Crippen LogP contribution < -0.4 is 4.74 Å². The van der Waals surface area contributed by atoms with Crippen molar-refractivity contribution in [3.05, 3.63) is 29.8 Å². The first kappa shape index (κ1) is 36.7. The molecule has 1 N–H and O–H groups in total. The van der Waals surface area contributed by atoms with Crippen LogP contribution in [0.15, 0.2) is 24.3 Å². The van der Waals surface area contributed by atoms with Crippen LogP contribution in [0.1, 0.15) is 58.4 Å². The predicted molar refractivity (Wildman–Crippen MR) is 157 cm³/mol. The monoisotopic (exact) mass is 572 g/mol. The highest BCUT2D eigenvalue weighted by Crippen LogP contribution is 2.30. The average molecular weight is 573 g/mol. The van der Waals surface area contributed by atoms with Gasteiger partial charge in [-0.3, -0.25) is 0 Å². The van der Waals surface area contributed by atoms with Crippen LogP contribution in [0.3, 0.4) is 0 Å². The Kier molecular flexibility index (Phi) is 24.4. The van der Waals surface area contributed by atoms with Crippen molar-refractivity contribution in [3.8, 4) is 5.75 Å². The van der Waals surface area contributed by atoms with E-state index in [1.54, 1.807) is 0 Å². The Balaban J connectivity index is 1.83. The highest BCUT2D eigenvalue weighted by atomic mass is 16.6. The highest BCUT2D eigenvalue weighted by Gasteiger charge is 2.19. The molecule has 0 radical (unpaired) electrons. The summed E-state index contributed by atoms with van der Waals surface area (Å²) < 4.78 is 43.7. The van der Waals surface area contributed by atoms with Crippen LogP contribution >= 0.6 is 0 Å². The molecule has 0 aliphatic heterocycles. The van der Waals surface area contributed by atoms with Gasteiger partial charge in [-0.25, -0.2) is 0 Å². The third kappa shape index (κ3) is 21.4. The number of hydrogen-bond acceptors (Lipinski definition) is 9. The van der Waals surface area contributed by atoms with Gasteiger partial charge in [0.1, 0.15) is 12.4 Å². The molecule has 9 heteroatoms. The van der Waals surface area contributed by atoms with E-state index in [1.807, 2.05) is 0 Å². The fraction of sp³-hybridized carbons (Fsp3) is 0.806. The van der Waals surface area contributed by atoms with Gasteiger partial charge >= 0.3 is 0 Å². The summed E-state index contributed by atoms with van der Waals surface area (Å²) in [5.74, 6) is 0.877. The van der Waals surface area contributed by atoms with Gasteiger partial charge in [0.2, 0.25) is 0 Å². The van der Waals surface area contributed by atoms with Crippen molar-refractivity contribution in [3.63, 3.8) is 0 Å². The van der Waals surface area contributed by atoms with Crippen LogP contribution in [0.25, 0.3) is 0 Å². The second-order valence-electron chi connectivity index (χ2n) is 10.1. The first-order valence-corrected chi connectivity index (χ1v) is 15.0. The predicted octanol–water partition coefficient (Wildman–Crippen LogP) is 4.42. The molecule has 0 aromatic heterocycles. The third-order valence-corrected chi connectivity index (χ3v) is 6.26. The van der Waals surface area contributed by atoms with Crippen molar-refractivity contribution in [2.45, 2.75) is 58.3 Å². The molecule has 0 bridgehead atoms. The van der Waals surface area contributed by atoms with Gasteiger partial charge < -0.3 is 43.0 Å². The molecule has 0 saturated heterocycles. The zero-order valence-electron chi connectivity index (χ0n) is 25.4. The van der Waals surface area contributed by atoms with Crippen LogP contribution in [0.4, 0.5) is 0 Å². The van der Waals surface area contributed by atoms with E-state index >= 15 is 0 Å². The normalized spacial score (nSPS) is 11.8. The summed E-state index contributed by atoms with van der Waals surface area (Å²) in [4.78, 5) is 0. The molecule has 0 aliphatic rings. The van der Waals surface area contributed by atoms with Gasteiger partial charge in [-0.05, 0) is 29.5 Å². The van der Waals surface area contributed by atoms with E-state index in [0.29, 0.717) is 99.1 Å². The highest BCUT2D eigenvalue weighted by molar-refractivity contribution is 5.31. The van der Waals surface area contributed by atoms with E-state index in [4.69, 9.17) is 43.0 Å². The molecule has 40 heavy (non-hydrogen) atoms. The summed E-state index contributed by atoms with van der Waals surface area (Å²) in [6, 6.07) is 8.49. The smallest absolute Gasteiger partial charge is 0.119 e. The number of rotatable bonds is 30. The molecule has 1 aromatic carbocycles. The largest absolute Gasteiger partial charge is 0.491 e. The third-order valence-electron chi connectivity index (χ3n) is 6.26. The van der Waals surface area contributed by atoms with Gasteiger partial charge in [-0.2, -0.15) is 0 Å². The second kappa shape index (κ2) is 26.6. The Morgan fingerprint density at radius 2 is 0.925 bits per heavy atom. The van der Waals surface area contributed by atoms with E-state index in [0.717, 1.165) is 5.75 Å². The standard InChI is InChI=1S/C31H56O9/c1-4-5-6-7-12-31(2,3)29-8-10-30(11-9-29)40-28-27-39-26-25-38-24-23-37-22-21-36-20-19-35-18-17-34-16-15-33-14-13-32/h8-11,32H,4-7,12-28H2,1-3H3. The van der Waals surface area contributed by atoms with Gasteiger partial charge in [-0.1, -0.05) is 58.6 Å². The lowest BCUT2D eigenvalue weighted by Gasteiger charge is -2.25. The number of ether oxygens (including phenoxy) is 8. The summed E-state index contributed by atoms with van der Waals surface area (Å²) in [6.45, 7) is 14.5. The van der Waals surface area contributed by atoms with Crippen molar-refractivity contribution in [2.75, 3.05) is 106 Å². The quantitative estimate of drug-likeness (QED) is 0.134. The second-order valence-corrected chi connectivity index (χ2v) is 10.1. The summed E-state index contributed by atoms with van der Waals surface area (Å²) >= 11 is 0. The summed E-state index contributed by atoms with van der Waals surface area (Å²) in [6.07, 6.45) is 6.41. The number of hydrogen-bond donors (Lipinski definition) is 1. The molecule has 0 spiro atoms. The van der Waals surface area contributed by atoms with Gasteiger partial charge in [0.05, 0.1) is 99.1 Å². The van der Waals surface area contributed by atoms with Crippen LogP contribution in [-0.2, 0) is 38.6 Å². The number of benzene rings is 1. The molecule has 1 rings (SSSR count). The topological polar surface area (TPSA) is 94.1 Å². The molecule has 0 heterocycles. The molecule has 0 aliphatic carbocycles. The summed E-state index contributed by atoms with van der Waals surface area (Å²) in [5, 5.41) is 8.58. The van der Waals surface area contributed by atoms with E-state index < -0.39 is 0 Å². The number of aliphatic hydroxyl groups is 1. The Morgan fingerprint density at radius 1 is 0.525 bits per heavy atom. The molecule has 9 nitrogen and oxygen atoms in total. The zero-order chi connectivity index (χ0) is 29.0. The minimum absolute atomic E-state index is 0.0310. The number of unbranched alkanes of at least 4 members (excludes halogenated alkanes) is 3. The van der Waals surface area contributed by atoms with Gasteiger partial charge in [0, 0.05) is 0 Å². The maximum absolute atomic E-state index is 8.58. The van der Waals surface area contributed by atoms with Crippen LogP contribution in [0, 0.1) is 0 Å². The minimum Gasteiger partial charge on any atom is -0.491 e. The Bertz CT molecular complexity index is 655. The fourth-order valence-electron chi connectivity index (χ4n) is 3.84. The number of aliphatic hydroxyl groups excluding tert-OH is 1. The van der Waals surface area contributed by atoms with E-state index in [9.17, 15) is 0 Å². The lowest BCUT2D eigenvalue weighted by Crippen LogP contribution is -2.17. The molecule has 1 aromatic rings. The molecule has 234 valence electrons. The van der Waals surface area contributed by atoms with Crippen molar-refractivity contribution in [1.29, 1.82) is 0 Å². The average Bonchev–Trinajstić information content (AvgIpc) is 2.96.